The minimum absolute atomic E-state index is 0.0344. The summed E-state index contributed by atoms with van der Waals surface area (Å²) in [7, 11) is 5.60. The molecule has 1 aromatic carbocycles. The highest BCUT2D eigenvalue weighted by atomic mass is 16.5. The molecule has 1 amide bonds. The van der Waals surface area contributed by atoms with Crippen LogP contribution in [-0.2, 0) is 16.6 Å². The number of rotatable bonds is 4. The van der Waals surface area contributed by atoms with Crippen LogP contribution in [0, 0.1) is 0 Å². The monoisotopic (exact) mass is 450 g/mol. The van der Waals surface area contributed by atoms with Gasteiger partial charge in [-0.1, -0.05) is 6.07 Å². The third kappa shape index (κ3) is 2.60. The third-order valence-electron chi connectivity index (χ3n) is 8.71. The number of ether oxygens (including phenoxy) is 2. The fourth-order valence-corrected chi connectivity index (χ4v) is 7.09. The van der Waals surface area contributed by atoms with Gasteiger partial charge in [-0.15, -0.1) is 0 Å². The number of furan rings is 1. The second-order valence-corrected chi connectivity index (χ2v) is 9.96. The van der Waals surface area contributed by atoms with Gasteiger partial charge in [-0.05, 0) is 63.0 Å². The van der Waals surface area contributed by atoms with Gasteiger partial charge in [-0.2, -0.15) is 0 Å². The Bertz CT molecular complexity index is 1130. The van der Waals surface area contributed by atoms with Gasteiger partial charge >= 0.3 is 0 Å². The van der Waals surface area contributed by atoms with Gasteiger partial charge in [-0.3, -0.25) is 4.79 Å². The molecule has 1 N–H and O–H groups in total. The van der Waals surface area contributed by atoms with E-state index in [1.54, 1.807) is 36.7 Å². The molecule has 1 saturated heterocycles. The van der Waals surface area contributed by atoms with Crippen LogP contribution in [0.1, 0.15) is 36.0 Å². The smallest absolute Gasteiger partial charge is 0.246 e. The normalized spacial score (nSPS) is 34.1. The third-order valence-corrected chi connectivity index (χ3v) is 8.71. The number of hydrogen-bond donors (Lipinski definition) is 1. The van der Waals surface area contributed by atoms with Gasteiger partial charge in [0.15, 0.2) is 11.5 Å². The second-order valence-electron chi connectivity index (χ2n) is 9.96. The summed E-state index contributed by atoms with van der Waals surface area (Å²) in [5.41, 5.74) is 1.73. The van der Waals surface area contributed by atoms with Crippen molar-refractivity contribution in [2.75, 3.05) is 27.7 Å². The summed E-state index contributed by atoms with van der Waals surface area (Å²) < 4.78 is 17.5. The summed E-state index contributed by atoms with van der Waals surface area (Å²) in [5.74, 6) is 1.36. The average Bonchev–Trinajstić information content (AvgIpc) is 3.45. The maximum absolute atomic E-state index is 13.1. The molecule has 3 heterocycles. The molecular formula is C26H30N2O5. The van der Waals surface area contributed by atoms with E-state index >= 15 is 0 Å². The highest BCUT2D eigenvalue weighted by Crippen LogP contribution is 2.65. The number of amides is 1. The van der Waals surface area contributed by atoms with Crippen LogP contribution in [0.4, 0.5) is 0 Å². The number of aliphatic hydroxyl groups is 1. The van der Waals surface area contributed by atoms with E-state index in [9.17, 15) is 9.90 Å². The second kappa shape index (κ2) is 7.11. The maximum Gasteiger partial charge on any atom is 0.246 e. The van der Waals surface area contributed by atoms with Crippen LogP contribution in [0.3, 0.4) is 0 Å². The zero-order valence-corrected chi connectivity index (χ0v) is 19.3. The molecule has 2 aliphatic carbocycles. The van der Waals surface area contributed by atoms with Crippen LogP contribution in [-0.4, -0.2) is 72.4 Å². The first-order chi connectivity index (χ1) is 15.9. The van der Waals surface area contributed by atoms with Crippen LogP contribution >= 0.6 is 0 Å². The molecule has 5 atom stereocenters. The van der Waals surface area contributed by atoms with Crippen LogP contribution in [0.5, 0.6) is 11.5 Å². The van der Waals surface area contributed by atoms with Crippen LogP contribution in [0.25, 0.3) is 6.08 Å². The molecule has 7 heteroatoms. The number of benzene rings is 1. The molecule has 2 fully saturated rings. The zero-order chi connectivity index (χ0) is 23.0. The Morgan fingerprint density at radius 3 is 2.94 bits per heavy atom. The standard InChI is InChI=1S/C26H30N2O5/c1-27-12-11-25-22-17-5-6-19(31-3)23(22)33-24(25)18(8-10-26(25,30)20(27)14-17)28(2)21(29)7-4-16-9-13-32-15-16/h4-7,9,13,15,18,20,24,30H,8,10-12,14H2,1-3H3/b7-4+/t18-,20-,24+,25+,26-/m1/s1. The molecule has 4 aliphatic rings. The number of piperidine rings is 1. The minimum atomic E-state index is -0.900. The van der Waals surface area contributed by atoms with E-state index in [4.69, 9.17) is 13.9 Å². The van der Waals surface area contributed by atoms with Gasteiger partial charge in [0.05, 0.1) is 36.7 Å². The van der Waals surface area contributed by atoms with Crippen molar-refractivity contribution in [2.24, 2.45) is 0 Å². The van der Waals surface area contributed by atoms with Crippen molar-refractivity contribution in [2.45, 2.75) is 54.9 Å². The van der Waals surface area contributed by atoms with Crippen molar-refractivity contribution in [1.29, 1.82) is 0 Å². The Hall–Kier alpha value is -2.77. The van der Waals surface area contributed by atoms with E-state index < -0.39 is 11.0 Å². The van der Waals surface area contributed by atoms with E-state index in [-0.39, 0.29) is 24.1 Å². The number of nitrogens with zero attached hydrogens (tertiary/aromatic N) is 2. The Balaban J connectivity index is 1.43. The fraction of sp³-hybridized carbons (Fsp3) is 0.500. The Labute approximate surface area is 193 Å². The molecular weight excluding hydrogens is 420 g/mol. The lowest BCUT2D eigenvalue weighted by atomic mass is 9.48. The molecule has 0 radical (unpaired) electrons. The minimum Gasteiger partial charge on any atom is -0.493 e. The number of carbonyl (C=O) groups is 1. The lowest BCUT2D eigenvalue weighted by Gasteiger charge is -2.64. The Morgan fingerprint density at radius 2 is 2.18 bits per heavy atom. The molecule has 0 unspecified atom stereocenters. The van der Waals surface area contributed by atoms with E-state index in [1.165, 1.54) is 5.56 Å². The van der Waals surface area contributed by atoms with Gasteiger partial charge in [0.2, 0.25) is 5.91 Å². The van der Waals surface area contributed by atoms with Crippen LogP contribution in [0.15, 0.2) is 41.2 Å². The van der Waals surface area contributed by atoms with Crippen molar-refractivity contribution in [3.63, 3.8) is 0 Å². The first kappa shape index (κ1) is 20.8. The molecule has 1 aromatic heterocycles. The summed E-state index contributed by atoms with van der Waals surface area (Å²) >= 11 is 0. The van der Waals surface area contributed by atoms with Crippen molar-refractivity contribution < 1.29 is 23.8 Å². The molecule has 174 valence electrons. The average molecular weight is 451 g/mol. The van der Waals surface area contributed by atoms with E-state index in [2.05, 4.69) is 18.0 Å². The topological polar surface area (TPSA) is 75.4 Å². The van der Waals surface area contributed by atoms with E-state index in [1.807, 2.05) is 19.2 Å². The van der Waals surface area contributed by atoms with Crippen molar-refractivity contribution in [1.82, 2.24) is 9.80 Å². The molecule has 1 saturated carbocycles. The zero-order valence-electron chi connectivity index (χ0n) is 19.3. The van der Waals surface area contributed by atoms with Gasteiger partial charge in [0, 0.05) is 30.3 Å². The first-order valence-electron chi connectivity index (χ1n) is 11.7. The van der Waals surface area contributed by atoms with Crippen molar-refractivity contribution >= 4 is 12.0 Å². The fourth-order valence-electron chi connectivity index (χ4n) is 7.09. The lowest BCUT2D eigenvalue weighted by Crippen LogP contribution is -2.77. The summed E-state index contributed by atoms with van der Waals surface area (Å²) in [6.07, 6.45) is 9.10. The van der Waals surface area contributed by atoms with Gasteiger partial charge in [0.1, 0.15) is 6.10 Å². The predicted octanol–water partition coefficient (Wildman–Crippen LogP) is 2.61. The van der Waals surface area contributed by atoms with E-state index in [0.29, 0.717) is 18.6 Å². The highest BCUT2D eigenvalue weighted by molar-refractivity contribution is 5.91. The number of likely N-dealkylation sites (tertiary alicyclic amines) is 1. The molecule has 7 nitrogen and oxygen atoms in total. The van der Waals surface area contributed by atoms with Gasteiger partial charge in [0.25, 0.3) is 0 Å². The number of hydrogen-bond acceptors (Lipinski definition) is 6. The largest absolute Gasteiger partial charge is 0.493 e. The SMILES string of the molecule is COc1ccc2c3c1O[C@H]1[C@H](N(C)C(=O)/C=C/c4ccoc4)CC[C@@]4(O)[C@@H](C2)N(C)CC[C@]314. The Kier molecular flexibility index (Phi) is 4.48. The lowest BCUT2D eigenvalue weighted by molar-refractivity contribution is -0.195. The molecule has 2 bridgehead atoms. The van der Waals surface area contributed by atoms with Crippen molar-refractivity contribution in [3.05, 3.63) is 53.5 Å². The summed E-state index contributed by atoms with van der Waals surface area (Å²) in [4.78, 5) is 17.2. The molecule has 33 heavy (non-hydrogen) atoms. The highest BCUT2D eigenvalue weighted by Gasteiger charge is 2.73. The first-order valence-corrected chi connectivity index (χ1v) is 11.7. The van der Waals surface area contributed by atoms with E-state index in [0.717, 1.165) is 36.3 Å². The van der Waals surface area contributed by atoms with Gasteiger partial charge < -0.3 is 28.8 Å². The molecule has 2 aliphatic heterocycles. The molecule has 6 rings (SSSR count). The quantitative estimate of drug-likeness (QED) is 0.722. The molecule has 1 spiro atoms. The van der Waals surface area contributed by atoms with Crippen LogP contribution < -0.4 is 9.47 Å². The van der Waals surface area contributed by atoms with Gasteiger partial charge in [-0.25, -0.2) is 0 Å². The number of likely N-dealkylation sites (N-methyl/N-ethyl adjacent to an activating group) is 2. The Morgan fingerprint density at radius 1 is 1.33 bits per heavy atom. The molecule has 2 aromatic rings. The summed E-state index contributed by atoms with van der Waals surface area (Å²) in [6.45, 7) is 0.883. The summed E-state index contributed by atoms with van der Waals surface area (Å²) in [6, 6.07) is 5.79. The number of carbonyl (C=O) groups excluding carboxylic acids is 1. The predicted molar refractivity (Wildman–Crippen MR) is 122 cm³/mol. The van der Waals surface area contributed by atoms with Crippen LogP contribution in [0.2, 0.25) is 0 Å². The number of methoxy groups -OCH3 is 1. The van der Waals surface area contributed by atoms with Crippen molar-refractivity contribution in [3.8, 4) is 11.5 Å². The summed E-state index contributed by atoms with van der Waals surface area (Å²) in [5, 5.41) is 12.3. The maximum atomic E-state index is 13.1.